The van der Waals surface area contributed by atoms with Crippen LogP contribution in [0.3, 0.4) is 0 Å². The molecule has 0 fully saturated rings. The quantitative estimate of drug-likeness (QED) is 0.804. The van der Waals surface area contributed by atoms with Gasteiger partial charge in [0, 0.05) is 18.0 Å². The lowest BCUT2D eigenvalue weighted by Crippen LogP contribution is -1.96. The van der Waals surface area contributed by atoms with Gasteiger partial charge in [-0.1, -0.05) is 6.07 Å². The molecule has 0 saturated carbocycles. The Hall–Kier alpha value is -2.69. The Morgan fingerprint density at radius 1 is 1.18 bits per heavy atom. The average molecular weight is 296 g/mol. The number of nitrogens with one attached hydrogen (secondary N) is 1. The molecule has 0 saturated heterocycles. The normalized spacial score (nSPS) is 12.8. The molecule has 112 valence electrons. The fourth-order valence-corrected chi connectivity index (χ4v) is 2.62. The van der Waals surface area contributed by atoms with E-state index in [1.165, 1.54) is 0 Å². The molecule has 3 aromatic rings. The number of hydrogen-bond acceptors (Lipinski definition) is 4. The van der Waals surface area contributed by atoms with Gasteiger partial charge in [-0.3, -0.25) is 4.98 Å². The molecule has 0 unspecified atom stereocenters. The van der Waals surface area contributed by atoms with Crippen LogP contribution < -0.4 is 14.2 Å². The molecule has 0 aliphatic carbocycles. The van der Waals surface area contributed by atoms with Crippen LogP contribution in [-0.2, 0) is 6.61 Å². The summed E-state index contributed by atoms with van der Waals surface area (Å²) in [5, 5.41) is 0. The lowest BCUT2D eigenvalue weighted by molar-refractivity contribution is 0.174. The maximum atomic E-state index is 5.97. The van der Waals surface area contributed by atoms with E-state index in [0.29, 0.717) is 6.61 Å². The number of hydrogen-bond donors (Lipinski definition) is 1. The maximum absolute atomic E-state index is 5.97. The van der Waals surface area contributed by atoms with Gasteiger partial charge in [0.2, 0.25) is 6.79 Å². The Bertz CT molecular complexity index is 854. The highest BCUT2D eigenvalue weighted by Crippen LogP contribution is 2.33. The summed E-state index contributed by atoms with van der Waals surface area (Å²) in [4.78, 5) is 7.76. The number of H-pyrrole nitrogens is 1. The Labute approximate surface area is 127 Å². The van der Waals surface area contributed by atoms with E-state index in [2.05, 4.69) is 16.9 Å². The van der Waals surface area contributed by atoms with Gasteiger partial charge >= 0.3 is 0 Å². The van der Waals surface area contributed by atoms with Crippen LogP contribution in [0.25, 0.3) is 11.0 Å². The number of aromatic amines is 1. The van der Waals surface area contributed by atoms with Gasteiger partial charge in [0.15, 0.2) is 11.5 Å². The molecular formula is C17H16N2O3. The summed E-state index contributed by atoms with van der Waals surface area (Å²) in [6.07, 6.45) is 1.78. The first kappa shape index (κ1) is 13.0. The van der Waals surface area contributed by atoms with Gasteiger partial charge in [-0.2, -0.15) is 0 Å². The van der Waals surface area contributed by atoms with Gasteiger partial charge in [0.25, 0.3) is 0 Å². The molecule has 0 bridgehead atoms. The fourth-order valence-electron chi connectivity index (χ4n) is 2.62. The third-order valence-electron chi connectivity index (χ3n) is 3.97. The summed E-state index contributed by atoms with van der Waals surface area (Å²) in [7, 11) is 0. The smallest absolute Gasteiger partial charge is 0.231 e. The second-order valence-corrected chi connectivity index (χ2v) is 5.38. The van der Waals surface area contributed by atoms with Gasteiger partial charge < -0.3 is 19.2 Å². The number of benzene rings is 1. The molecule has 3 heterocycles. The molecular weight excluding hydrogens is 280 g/mol. The molecule has 22 heavy (non-hydrogen) atoms. The summed E-state index contributed by atoms with van der Waals surface area (Å²) < 4.78 is 16.7. The molecule has 1 aromatic carbocycles. The molecule has 2 aromatic heterocycles. The summed E-state index contributed by atoms with van der Waals surface area (Å²) in [5.74, 6) is 2.36. The van der Waals surface area contributed by atoms with Gasteiger partial charge in [-0.05, 0) is 37.1 Å². The van der Waals surface area contributed by atoms with E-state index in [-0.39, 0.29) is 6.79 Å². The standard InChI is InChI=1S/C17H16N2O3/c1-10-11(2)19-17-14(5-6-18-16(10)17)20-8-12-3-4-13-15(7-12)22-9-21-13/h3-7,19H,8-9H2,1-2H3. The van der Waals surface area contributed by atoms with Crippen molar-refractivity contribution in [2.24, 2.45) is 0 Å². The van der Waals surface area contributed by atoms with Crippen LogP contribution in [0.1, 0.15) is 16.8 Å². The van der Waals surface area contributed by atoms with Gasteiger partial charge in [-0.25, -0.2) is 0 Å². The molecule has 1 N–H and O–H groups in total. The monoisotopic (exact) mass is 296 g/mol. The first-order valence-corrected chi connectivity index (χ1v) is 7.17. The summed E-state index contributed by atoms with van der Waals surface area (Å²) in [5.41, 5.74) is 5.21. The Balaban J connectivity index is 1.60. The van der Waals surface area contributed by atoms with Crippen LogP contribution in [0.5, 0.6) is 17.2 Å². The highest BCUT2D eigenvalue weighted by atomic mass is 16.7. The van der Waals surface area contributed by atoms with Crippen molar-refractivity contribution in [1.82, 2.24) is 9.97 Å². The number of aryl methyl sites for hydroxylation is 2. The van der Waals surface area contributed by atoms with Crippen molar-refractivity contribution in [2.75, 3.05) is 6.79 Å². The van der Waals surface area contributed by atoms with E-state index < -0.39 is 0 Å². The van der Waals surface area contributed by atoms with Crippen molar-refractivity contribution >= 4 is 11.0 Å². The van der Waals surface area contributed by atoms with Gasteiger partial charge in [0.1, 0.15) is 17.9 Å². The lowest BCUT2D eigenvalue weighted by Gasteiger charge is -2.08. The predicted octanol–water partition coefficient (Wildman–Crippen LogP) is 3.49. The van der Waals surface area contributed by atoms with E-state index in [0.717, 1.165) is 45.1 Å². The second-order valence-electron chi connectivity index (χ2n) is 5.38. The number of fused-ring (bicyclic) bond motifs is 2. The molecule has 0 amide bonds. The second kappa shape index (κ2) is 4.94. The van der Waals surface area contributed by atoms with Crippen LogP contribution in [-0.4, -0.2) is 16.8 Å². The fraction of sp³-hybridized carbons (Fsp3) is 0.235. The first-order chi connectivity index (χ1) is 10.7. The van der Waals surface area contributed by atoms with Gasteiger partial charge in [-0.15, -0.1) is 0 Å². The van der Waals surface area contributed by atoms with E-state index in [9.17, 15) is 0 Å². The van der Waals surface area contributed by atoms with Crippen LogP contribution in [0.2, 0.25) is 0 Å². The average Bonchev–Trinajstić information content (AvgIpc) is 3.11. The summed E-state index contributed by atoms with van der Waals surface area (Å²) in [6.45, 7) is 4.85. The largest absolute Gasteiger partial charge is 0.487 e. The van der Waals surface area contributed by atoms with Crippen molar-refractivity contribution < 1.29 is 14.2 Å². The molecule has 1 aliphatic rings. The molecule has 4 rings (SSSR count). The molecule has 0 spiro atoms. The van der Waals surface area contributed by atoms with E-state index in [1.807, 2.05) is 31.2 Å². The van der Waals surface area contributed by atoms with Crippen LogP contribution >= 0.6 is 0 Å². The minimum atomic E-state index is 0.283. The summed E-state index contributed by atoms with van der Waals surface area (Å²) >= 11 is 0. The molecule has 5 nitrogen and oxygen atoms in total. The van der Waals surface area contributed by atoms with Crippen LogP contribution in [0, 0.1) is 13.8 Å². The zero-order valence-corrected chi connectivity index (χ0v) is 12.5. The zero-order chi connectivity index (χ0) is 15.1. The Morgan fingerprint density at radius 2 is 2.05 bits per heavy atom. The third-order valence-corrected chi connectivity index (χ3v) is 3.97. The van der Waals surface area contributed by atoms with Crippen molar-refractivity contribution in [3.8, 4) is 17.2 Å². The molecule has 1 aliphatic heterocycles. The first-order valence-electron chi connectivity index (χ1n) is 7.17. The van der Waals surface area contributed by atoms with Crippen LogP contribution in [0.15, 0.2) is 30.5 Å². The van der Waals surface area contributed by atoms with Crippen molar-refractivity contribution in [1.29, 1.82) is 0 Å². The molecule has 0 atom stereocenters. The molecule has 5 heteroatoms. The number of rotatable bonds is 3. The van der Waals surface area contributed by atoms with Crippen molar-refractivity contribution in [3.05, 3.63) is 47.3 Å². The van der Waals surface area contributed by atoms with E-state index in [1.54, 1.807) is 6.20 Å². The minimum Gasteiger partial charge on any atom is -0.487 e. The number of nitrogens with zero attached hydrogens (tertiary/aromatic N) is 1. The Kier molecular flexibility index (Phi) is 2.92. The van der Waals surface area contributed by atoms with Crippen molar-refractivity contribution in [2.45, 2.75) is 20.5 Å². The molecule has 0 radical (unpaired) electrons. The number of aromatic nitrogens is 2. The number of pyridine rings is 1. The van der Waals surface area contributed by atoms with Crippen LogP contribution in [0.4, 0.5) is 0 Å². The summed E-state index contributed by atoms with van der Waals surface area (Å²) in [6, 6.07) is 7.72. The predicted molar refractivity (Wildman–Crippen MR) is 82.5 cm³/mol. The Morgan fingerprint density at radius 3 is 2.95 bits per heavy atom. The van der Waals surface area contributed by atoms with Gasteiger partial charge in [0.05, 0.1) is 5.52 Å². The highest BCUT2D eigenvalue weighted by molar-refractivity contribution is 5.85. The zero-order valence-electron chi connectivity index (χ0n) is 12.5. The maximum Gasteiger partial charge on any atom is 0.231 e. The minimum absolute atomic E-state index is 0.283. The van der Waals surface area contributed by atoms with E-state index in [4.69, 9.17) is 14.2 Å². The highest BCUT2D eigenvalue weighted by Gasteiger charge is 2.14. The van der Waals surface area contributed by atoms with Crippen molar-refractivity contribution in [3.63, 3.8) is 0 Å². The lowest BCUT2D eigenvalue weighted by atomic mass is 10.2. The number of ether oxygens (including phenoxy) is 3. The van der Waals surface area contributed by atoms with E-state index >= 15 is 0 Å². The topological polar surface area (TPSA) is 56.4 Å². The SMILES string of the molecule is Cc1[nH]c2c(OCc3ccc4c(c3)OCO4)ccnc2c1C. The third kappa shape index (κ3) is 2.06.